The maximum atomic E-state index is 13.1. The van der Waals surface area contributed by atoms with Crippen LogP contribution in [-0.2, 0) is 24.0 Å². The molecule has 0 radical (unpaired) electrons. The van der Waals surface area contributed by atoms with Gasteiger partial charge in [0.05, 0.1) is 12.2 Å². The second kappa shape index (κ2) is 30.9. The molecule has 0 aromatic rings. The van der Waals surface area contributed by atoms with Crippen molar-refractivity contribution in [1.29, 1.82) is 0 Å². The summed E-state index contributed by atoms with van der Waals surface area (Å²) in [4.78, 5) is 57.0. The molecule has 1 heterocycles. The number of alkyl carbamates (subject to hydrolysis) is 1. The van der Waals surface area contributed by atoms with E-state index in [4.69, 9.17) is 9.57 Å². The van der Waals surface area contributed by atoms with Crippen molar-refractivity contribution in [1.82, 2.24) is 15.3 Å². The second-order valence-corrected chi connectivity index (χ2v) is 16.7. The van der Waals surface area contributed by atoms with Gasteiger partial charge in [-0.25, -0.2) is 9.59 Å². The van der Waals surface area contributed by atoms with Gasteiger partial charge >= 0.3 is 12.1 Å². The molecular weight excluding hydrogens is 686 g/mol. The van der Waals surface area contributed by atoms with Crippen molar-refractivity contribution in [3.8, 4) is 0 Å². The molecule has 1 fully saturated rings. The lowest BCUT2D eigenvalue weighted by molar-refractivity contribution is -0.199. The maximum Gasteiger partial charge on any atom is 0.408 e. The first kappa shape index (κ1) is 49.8. The van der Waals surface area contributed by atoms with Gasteiger partial charge in [-0.1, -0.05) is 142 Å². The number of amides is 3. The van der Waals surface area contributed by atoms with Gasteiger partial charge in [0.25, 0.3) is 11.8 Å². The molecule has 0 spiro atoms. The highest BCUT2D eigenvalue weighted by Gasteiger charge is 2.35. The van der Waals surface area contributed by atoms with Crippen LogP contribution in [0.2, 0.25) is 0 Å². The predicted octanol–water partition coefficient (Wildman–Crippen LogP) is 9.30. The summed E-state index contributed by atoms with van der Waals surface area (Å²) in [6.45, 7) is 11.2. The van der Waals surface area contributed by atoms with Gasteiger partial charge in [-0.15, -0.1) is 5.06 Å². The van der Waals surface area contributed by atoms with Gasteiger partial charge in [-0.3, -0.25) is 14.5 Å². The third-order valence-electron chi connectivity index (χ3n) is 10.1. The Morgan fingerprint density at radius 1 is 0.648 bits per heavy atom. The lowest BCUT2D eigenvalue weighted by Gasteiger charge is -2.28. The van der Waals surface area contributed by atoms with Crippen LogP contribution in [0.5, 0.6) is 0 Å². The number of imide groups is 1. The fourth-order valence-electron chi connectivity index (χ4n) is 6.96. The second-order valence-electron chi connectivity index (χ2n) is 16.7. The molecule has 11 nitrogen and oxygen atoms in total. The molecule has 1 aliphatic rings. The van der Waals surface area contributed by atoms with E-state index in [0.717, 1.165) is 38.5 Å². The Bertz CT molecular complexity index is 988. The number of ether oxygens (including phenoxy) is 1. The van der Waals surface area contributed by atoms with Crippen LogP contribution in [0.3, 0.4) is 0 Å². The third-order valence-corrected chi connectivity index (χ3v) is 10.1. The maximum absolute atomic E-state index is 13.1. The minimum atomic E-state index is -1.13. The Morgan fingerprint density at radius 3 is 1.44 bits per heavy atom. The van der Waals surface area contributed by atoms with E-state index in [9.17, 15) is 29.4 Å². The summed E-state index contributed by atoms with van der Waals surface area (Å²) >= 11 is 0. The van der Waals surface area contributed by atoms with Gasteiger partial charge in [-0.05, 0) is 59.4 Å². The number of nitrogens with one attached hydrogen (secondary N) is 1. The van der Waals surface area contributed by atoms with Crippen molar-refractivity contribution in [2.75, 3.05) is 19.6 Å². The molecule has 0 aromatic carbocycles. The zero-order chi connectivity index (χ0) is 40.0. The Labute approximate surface area is 329 Å². The van der Waals surface area contributed by atoms with Crippen LogP contribution in [0.25, 0.3) is 0 Å². The molecule has 3 amide bonds. The number of hydrogen-bond donors (Lipinski definition) is 3. The Kier molecular flexibility index (Phi) is 28.5. The molecule has 0 saturated carbocycles. The zero-order valence-corrected chi connectivity index (χ0v) is 35.2. The van der Waals surface area contributed by atoms with Gasteiger partial charge in [0.15, 0.2) is 0 Å². The molecule has 3 N–H and O–H groups in total. The molecular formula is C43H81N3O8. The highest BCUT2D eigenvalue weighted by atomic mass is 16.7. The van der Waals surface area contributed by atoms with Crippen LogP contribution in [0.1, 0.15) is 208 Å². The molecule has 0 bridgehead atoms. The monoisotopic (exact) mass is 768 g/mol. The smallest absolute Gasteiger partial charge is 0.408 e. The molecule has 0 aliphatic carbocycles. The van der Waals surface area contributed by atoms with Crippen molar-refractivity contribution in [3.63, 3.8) is 0 Å². The molecule has 1 aliphatic heterocycles. The van der Waals surface area contributed by atoms with Crippen molar-refractivity contribution in [3.05, 3.63) is 0 Å². The van der Waals surface area contributed by atoms with Crippen LogP contribution in [-0.4, -0.2) is 87.5 Å². The van der Waals surface area contributed by atoms with Gasteiger partial charge in [0, 0.05) is 25.9 Å². The Morgan fingerprint density at radius 2 is 1.04 bits per heavy atom. The summed E-state index contributed by atoms with van der Waals surface area (Å²) < 4.78 is 5.35. The standard InChI is InChI=1S/C43H81N3O8/c1-6-8-10-12-14-16-17-18-19-21-23-25-29-37(48)35-45(34-36(47)28-24-22-20-15-13-11-9-7-2)33-27-26-30-38(44-42(52)53-43(3,4)5)41(51)54-46-39(49)31-32-40(46)50/h36-38,47-48H,6-35H2,1-5H3,(H,44,52)/t36-,37-,38+/m0/s1. The van der Waals surface area contributed by atoms with E-state index in [0.29, 0.717) is 37.5 Å². The SMILES string of the molecule is CCCCCCCCCCCCCC[C@H](O)CN(CCCC[C@@H](NC(=O)OC(C)(C)C)C(=O)ON1C(=O)CCC1=O)C[C@@H](O)CCCCCCCCCC. The van der Waals surface area contributed by atoms with E-state index in [2.05, 4.69) is 24.1 Å². The minimum absolute atomic E-state index is 0.0256. The fourth-order valence-corrected chi connectivity index (χ4v) is 6.96. The van der Waals surface area contributed by atoms with Crippen molar-refractivity contribution in [2.45, 2.75) is 232 Å². The number of carbonyl (C=O) groups is 4. The van der Waals surface area contributed by atoms with Crippen molar-refractivity contribution in [2.24, 2.45) is 0 Å². The van der Waals surface area contributed by atoms with Gasteiger partial charge in [0.1, 0.15) is 11.6 Å². The van der Waals surface area contributed by atoms with E-state index in [1.165, 1.54) is 103 Å². The number of aliphatic hydroxyl groups is 2. The van der Waals surface area contributed by atoms with Crippen molar-refractivity contribution < 1.29 is 39.0 Å². The van der Waals surface area contributed by atoms with Crippen LogP contribution < -0.4 is 5.32 Å². The first-order chi connectivity index (χ1) is 25.9. The highest BCUT2D eigenvalue weighted by Crippen LogP contribution is 2.18. The number of hydroxylamine groups is 2. The summed E-state index contributed by atoms with van der Waals surface area (Å²) in [6.07, 6.45) is 25.9. The van der Waals surface area contributed by atoms with E-state index < -0.39 is 47.7 Å². The summed E-state index contributed by atoms with van der Waals surface area (Å²) in [5.41, 5.74) is -0.788. The molecule has 1 saturated heterocycles. The average Bonchev–Trinajstić information content (AvgIpc) is 3.42. The van der Waals surface area contributed by atoms with Gasteiger partial charge < -0.3 is 25.1 Å². The summed E-state index contributed by atoms with van der Waals surface area (Å²) in [5.74, 6) is -2.08. The quantitative estimate of drug-likeness (QED) is 0.0431. The number of rotatable bonds is 34. The minimum Gasteiger partial charge on any atom is -0.444 e. The van der Waals surface area contributed by atoms with Crippen LogP contribution in [0.15, 0.2) is 0 Å². The lowest BCUT2D eigenvalue weighted by Crippen LogP contribution is -2.47. The first-order valence-electron chi connectivity index (χ1n) is 22.0. The molecule has 3 atom stereocenters. The van der Waals surface area contributed by atoms with Gasteiger partial charge in [0.2, 0.25) is 0 Å². The molecule has 11 heteroatoms. The average molecular weight is 768 g/mol. The molecule has 54 heavy (non-hydrogen) atoms. The van der Waals surface area contributed by atoms with E-state index >= 15 is 0 Å². The molecule has 0 aromatic heterocycles. The Balaban J connectivity index is 2.65. The third kappa shape index (κ3) is 26.5. The summed E-state index contributed by atoms with van der Waals surface area (Å²) in [6, 6.07) is -1.13. The first-order valence-corrected chi connectivity index (χ1v) is 22.0. The summed E-state index contributed by atoms with van der Waals surface area (Å²) in [7, 11) is 0. The number of nitrogens with zero attached hydrogens (tertiary/aromatic N) is 2. The normalized spacial score (nSPS) is 15.1. The number of hydrogen-bond acceptors (Lipinski definition) is 9. The molecule has 316 valence electrons. The van der Waals surface area contributed by atoms with E-state index in [1.807, 2.05) is 0 Å². The van der Waals surface area contributed by atoms with E-state index in [1.54, 1.807) is 20.8 Å². The number of carbonyl (C=O) groups excluding carboxylic acids is 4. The molecule has 0 unspecified atom stereocenters. The topological polar surface area (TPSA) is 146 Å². The number of aliphatic hydroxyl groups excluding tert-OH is 2. The van der Waals surface area contributed by atoms with Crippen LogP contribution >= 0.6 is 0 Å². The fraction of sp³-hybridized carbons (Fsp3) is 0.907. The lowest BCUT2D eigenvalue weighted by atomic mass is 10.0. The largest absolute Gasteiger partial charge is 0.444 e. The number of unbranched alkanes of at least 4 members (excludes halogenated alkanes) is 19. The van der Waals surface area contributed by atoms with E-state index in [-0.39, 0.29) is 19.3 Å². The zero-order valence-electron chi connectivity index (χ0n) is 35.2. The Hall–Kier alpha value is -2.24. The van der Waals surface area contributed by atoms with Crippen LogP contribution in [0.4, 0.5) is 4.79 Å². The predicted molar refractivity (Wildman–Crippen MR) is 216 cm³/mol. The van der Waals surface area contributed by atoms with Crippen molar-refractivity contribution >= 4 is 23.9 Å². The van der Waals surface area contributed by atoms with Crippen LogP contribution in [0, 0.1) is 0 Å². The highest BCUT2D eigenvalue weighted by molar-refractivity contribution is 6.01. The molecule has 1 rings (SSSR count). The summed E-state index contributed by atoms with van der Waals surface area (Å²) in [5, 5.41) is 25.0. The van der Waals surface area contributed by atoms with Gasteiger partial charge in [-0.2, -0.15) is 0 Å².